The summed E-state index contributed by atoms with van der Waals surface area (Å²) < 4.78 is 0. The summed E-state index contributed by atoms with van der Waals surface area (Å²) in [7, 11) is 0. The highest BCUT2D eigenvalue weighted by atomic mass is 16.2. The zero-order valence-electron chi connectivity index (χ0n) is 8.07. The standard InChI is InChI=1S/C10H15N3O/c11-10(14)13-12-9-5-3-7-1-2-8(7)4-6-9/h3,5,7-8H,1-2,4,6H2,(H3,11,13,14)/b12-9-/t7-,8-/m1/s1. The summed E-state index contributed by atoms with van der Waals surface area (Å²) in [6.45, 7) is 0. The maximum absolute atomic E-state index is 10.4. The third-order valence-corrected chi connectivity index (χ3v) is 3.09. The second-order valence-electron chi connectivity index (χ2n) is 3.98. The van der Waals surface area contributed by atoms with Gasteiger partial charge in [-0.25, -0.2) is 10.2 Å². The van der Waals surface area contributed by atoms with E-state index < -0.39 is 6.03 Å². The van der Waals surface area contributed by atoms with Crippen molar-refractivity contribution < 1.29 is 4.79 Å². The Hall–Kier alpha value is -1.32. The van der Waals surface area contributed by atoms with Gasteiger partial charge in [-0.05, 0) is 43.6 Å². The third kappa shape index (κ3) is 1.95. The minimum absolute atomic E-state index is 0.599. The van der Waals surface area contributed by atoms with Crippen molar-refractivity contribution in [3.63, 3.8) is 0 Å². The van der Waals surface area contributed by atoms with Crippen LogP contribution in [-0.4, -0.2) is 11.7 Å². The van der Waals surface area contributed by atoms with E-state index in [4.69, 9.17) is 5.73 Å². The van der Waals surface area contributed by atoms with Crippen LogP contribution in [0.2, 0.25) is 0 Å². The van der Waals surface area contributed by atoms with Crippen LogP contribution >= 0.6 is 0 Å². The summed E-state index contributed by atoms with van der Waals surface area (Å²) in [6, 6.07) is -0.599. The molecule has 2 aliphatic carbocycles. The lowest BCUT2D eigenvalue weighted by molar-refractivity contribution is 0.218. The fraction of sp³-hybridized carbons (Fsp3) is 0.600. The molecule has 14 heavy (non-hydrogen) atoms. The molecule has 0 aromatic heterocycles. The quantitative estimate of drug-likeness (QED) is 0.607. The molecular weight excluding hydrogens is 178 g/mol. The number of carbonyl (C=O) groups excluding carboxylic acids is 1. The maximum atomic E-state index is 10.4. The van der Waals surface area contributed by atoms with Gasteiger partial charge in [0.05, 0.1) is 5.71 Å². The molecule has 2 aliphatic rings. The van der Waals surface area contributed by atoms with Gasteiger partial charge in [0.2, 0.25) is 0 Å². The normalized spacial score (nSPS) is 33.0. The van der Waals surface area contributed by atoms with Crippen LogP contribution in [0.1, 0.15) is 25.7 Å². The van der Waals surface area contributed by atoms with Crippen LogP contribution in [0.3, 0.4) is 0 Å². The number of hydrazone groups is 1. The lowest BCUT2D eigenvalue weighted by Gasteiger charge is -2.33. The van der Waals surface area contributed by atoms with E-state index >= 15 is 0 Å². The van der Waals surface area contributed by atoms with Crippen molar-refractivity contribution in [1.82, 2.24) is 5.43 Å². The number of urea groups is 1. The highest BCUT2D eigenvalue weighted by molar-refractivity contribution is 5.95. The molecule has 76 valence electrons. The van der Waals surface area contributed by atoms with Gasteiger partial charge < -0.3 is 5.73 Å². The van der Waals surface area contributed by atoms with E-state index in [2.05, 4.69) is 16.6 Å². The highest BCUT2D eigenvalue weighted by Crippen LogP contribution is 2.40. The average Bonchev–Trinajstić information content (AvgIpc) is 2.23. The first-order chi connectivity index (χ1) is 6.75. The molecule has 0 radical (unpaired) electrons. The van der Waals surface area contributed by atoms with Crippen molar-refractivity contribution >= 4 is 11.7 Å². The smallest absolute Gasteiger partial charge is 0.332 e. The van der Waals surface area contributed by atoms with Crippen LogP contribution in [0, 0.1) is 11.8 Å². The molecule has 2 amide bonds. The number of nitrogens with two attached hydrogens (primary N) is 1. The number of hydrogen-bond acceptors (Lipinski definition) is 2. The third-order valence-electron chi connectivity index (χ3n) is 3.09. The number of carbonyl (C=O) groups is 1. The van der Waals surface area contributed by atoms with E-state index in [1.54, 1.807) is 0 Å². The Morgan fingerprint density at radius 3 is 3.00 bits per heavy atom. The molecule has 0 bridgehead atoms. The first kappa shape index (κ1) is 9.24. The fourth-order valence-electron chi connectivity index (χ4n) is 2.08. The number of fused-ring (bicyclic) bond motifs is 1. The largest absolute Gasteiger partial charge is 0.350 e. The zero-order valence-corrected chi connectivity index (χ0v) is 8.07. The molecule has 0 saturated heterocycles. The van der Waals surface area contributed by atoms with E-state index in [1.165, 1.54) is 19.3 Å². The van der Waals surface area contributed by atoms with Crippen LogP contribution in [0.4, 0.5) is 4.79 Å². The fourth-order valence-corrected chi connectivity index (χ4v) is 2.08. The summed E-state index contributed by atoms with van der Waals surface area (Å²) in [5, 5.41) is 3.94. The van der Waals surface area contributed by atoms with E-state index in [1.807, 2.05) is 6.08 Å². The first-order valence-electron chi connectivity index (χ1n) is 5.06. The van der Waals surface area contributed by atoms with Gasteiger partial charge in [0, 0.05) is 0 Å². The zero-order chi connectivity index (χ0) is 9.97. The van der Waals surface area contributed by atoms with Crippen LogP contribution in [-0.2, 0) is 0 Å². The van der Waals surface area contributed by atoms with Crippen LogP contribution in [0.5, 0.6) is 0 Å². The van der Waals surface area contributed by atoms with Gasteiger partial charge >= 0.3 is 6.03 Å². The molecule has 4 nitrogen and oxygen atoms in total. The van der Waals surface area contributed by atoms with E-state index in [9.17, 15) is 4.79 Å². The van der Waals surface area contributed by atoms with E-state index in [0.29, 0.717) is 0 Å². The molecule has 2 rings (SSSR count). The molecule has 2 atom stereocenters. The Labute approximate surface area is 83.2 Å². The number of primary amides is 1. The van der Waals surface area contributed by atoms with E-state index in [0.717, 1.165) is 24.0 Å². The second-order valence-corrected chi connectivity index (χ2v) is 3.98. The number of nitrogens with zero attached hydrogens (tertiary/aromatic N) is 1. The van der Waals surface area contributed by atoms with Gasteiger partial charge in [-0.15, -0.1) is 0 Å². The topological polar surface area (TPSA) is 67.5 Å². The molecule has 0 unspecified atom stereocenters. The lowest BCUT2D eigenvalue weighted by Crippen LogP contribution is -2.25. The summed E-state index contributed by atoms with van der Waals surface area (Å²) in [5.41, 5.74) is 8.13. The van der Waals surface area contributed by atoms with Crippen LogP contribution < -0.4 is 11.2 Å². The minimum atomic E-state index is -0.599. The van der Waals surface area contributed by atoms with Crippen LogP contribution in [0.15, 0.2) is 17.3 Å². The summed E-state index contributed by atoms with van der Waals surface area (Å²) in [6.07, 6.45) is 8.99. The Morgan fingerprint density at radius 2 is 2.36 bits per heavy atom. The molecule has 1 saturated carbocycles. The second kappa shape index (κ2) is 3.82. The number of amides is 2. The molecule has 0 aromatic rings. The van der Waals surface area contributed by atoms with Crippen molar-refractivity contribution in [2.45, 2.75) is 25.7 Å². The predicted molar refractivity (Wildman–Crippen MR) is 54.7 cm³/mol. The van der Waals surface area contributed by atoms with Gasteiger partial charge in [0.1, 0.15) is 0 Å². The van der Waals surface area contributed by atoms with Crippen molar-refractivity contribution in [2.24, 2.45) is 22.7 Å². The SMILES string of the molecule is NC(=O)N/N=C1/C=C[C@H]2CC[C@@H]2CC1. The number of allylic oxidation sites excluding steroid dienone is 2. The van der Waals surface area contributed by atoms with Crippen molar-refractivity contribution in [1.29, 1.82) is 0 Å². The Morgan fingerprint density at radius 1 is 1.50 bits per heavy atom. The van der Waals surface area contributed by atoms with Crippen LogP contribution in [0.25, 0.3) is 0 Å². The first-order valence-corrected chi connectivity index (χ1v) is 5.06. The molecule has 0 aromatic carbocycles. The predicted octanol–water partition coefficient (Wildman–Crippen LogP) is 1.39. The summed E-state index contributed by atoms with van der Waals surface area (Å²) in [5.74, 6) is 1.59. The monoisotopic (exact) mass is 193 g/mol. The minimum Gasteiger partial charge on any atom is -0.350 e. The van der Waals surface area contributed by atoms with Crippen molar-refractivity contribution in [3.05, 3.63) is 12.2 Å². The molecule has 4 heteroatoms. The molecular formula is C10H15N3O. The lowest BCUT2D eigenvalue weighted by atomic mass is 9.72. The Bertz CT molecular complexity index is 296. The molecule has 3 N–H and O–H groups in total. The van der Waals surface area contributed by atoms with Gasteiger partial charge in [-0.3, -0.25) is 0 Å². The van der Waals surface area contributed by atoms with Gasteiger partial charge in [-0.1, -0.05) is 6.08 Å². The molecule has 1 fully saturated rings. The molecule has 0 spiro atoms. The van der Waals surface area contributed by atoms with Gasteiger partial charge in [0.25, 0.3) is 0 Å². The number of rotatable bonds is 1. The summed E-state index contributed by atoms with van der Waals surface area (Å²) in [4.78, 5) is 10.4. The van der Waals surface area contributed by atoms with E-state index in [-0.39, 0.29) is 0 Å². The van der Waals surface area contributed by atoms with Crippen molar-refractivity contribution in [3.8, 4) is 0 Å². The Kier molecular flexibility index (Phi) is 2.52. The number of nitrogens with one attached hydrogen (secondary N) is 1. The van der Waals surface area contributed by atoms with Crippen molar-refractivity contribution in [2.75, 3.05) is 0 Å². The molecule has 0 aliphatic heterocycles. The van der Waals surface area contributed by atoms with Gasteiger partial charge in [0.15, 0.2) is 0 Å². The average molecular weight is 193 g/mol. The highest BCUT2D eigenvalue weighted by Gasteiger charge is 2.29. The maximum Gasteiger partial charge on any atom is 0.332 e. The number of hydrogen-bond donors (Lipinski definition) is 2. The Balaban J connectivity index is 1.97. The van der Waals surface area contributed by atoms with Gasteiger partial charge in [-0.2, -0.15) is 5.10 Å². The molecule has 0 heterocycles. The summed E-state index contributed by atoms with van der Waals surface area (Å²) >= 11 is 0.